The van der Waals surface area contributed by atoms with Gasteiger partial charge in [0.05, 0.1) is 6.10 Å². The molecule has 1 aliphatic heterocycles. The highest BCUT2D eigenvalue weighted by atomic mass is 35.5. The third kappa shape index (κ3) is 5.35. The molecule has 2 aromatic carbocycles. The van der Waals surface area contributed by atoms with Crippen LogP contribution in [0.25, 0.3) is 10.6 Å². The van der Waals surface area contributed by atoms with E-state index in [1.807, 2.05) is 48.5 Å². The molecule has 5 nitrogen and oxygen atoms in total. The smallest absolute Gasteiger partial charge is 0.270 e. The molecule has 1 N–H and O–H groups in total. The number of rotatable bonds is 7. The average molecular weight is 429 g/mol. The molecule has 0 aliphatic carbocycles. The highest BCUT2D eigenvalue weighted by Crippen LogP contribution is 2.26. The van der Waals surface area contributed by atoms with Gasteiger partial charge in [0.2, 0.25) is 0 Å². The van der Waals surface area contributed by atoms with Crippen molar-refractivity contribution in [2.24, 2.45) is 0 Å². The summed E-state index contributed by atoms with van der Waals surface area (Å²) in [5, 5.41) is 6.20. The average Bonchev–Trinajstić information content (AvgIpc) is 3.44. The van der Waals surface area contributed by atoms with E-state index in [-0.39, 0.29) is 12.0 Å². The van der Waals surface area contributed by atoms with Crippen molar-refractivity contribution in [1.82, 2.24) is 10.3 Å². The maximum absolute atomic E-state index is 12.3. The van der Waals surface area contributed by atoms with E-state index in [2.05, 4.69) is 10.3 Å². The van der Waals surface area contributed by atoms with Crippen LogP contribution in [0.2, 0.25) is 5.02 Å². The minimum absolute atomic E-state index is 0.123. The van der Waals surface area contributed by atoms with Crippen molar-refractivity contribution < 1.29 is 14.3 Å². The second-order valence-corrected chi connectivity index (χ2v) is 8.12. The highest BCUT2D eigenvalue weighted by molar-refractivity contribution is 7.13. The zero-order chi connectivity index (χ0) is 20.1. The molecule has 0 spiro atoms. The van der Waals surface area contributed by atoms with Gasteiger partial charge in [-0.1, -0.05) is 23.7 Å². The molecule has 1 fully saturated rings. The Kier molecular flexibility index (Phi) is 6.44. The van der Waals surface area contributed by atoms with Crippen molar-refractivity contribution in [2.75, 3.05) is 13.2 Å². The number of nitrogens with zero attached hydrogens (tertiary/aromatic N) is 1. The van der Waals surface area contributed by atoms with E-state index in [4.69, 9.17) is 21.1 Å². The zero-order valence-electron chi connectivity index (χ0n) is 15.8. The number of hydrogen-bond acceptors (Lipinski definition) is 5. The fraction of sp³-hybridized carbons (Fsp3) is 0.273. The Hall–Kier alpha value is -2.41. The fourth-order valence-corrected chi connectivity index (χ4v) is 3.99. The van der Waals surface area contributed by atoms with Gasteiger partial charge in [-0.25, -0.2) is 4.98 Å². The number of amides is 1. The number of halogens is 1. The first kappa shape index (κ1) is 19.9. The van der Waals surface area contributed by atoms with E-state index in [0.29, 0.717) is 23.9 Å². The molecule has 29 heavy (non-hydrogen) atoms. The van der Waals surface area contributed by atoms with E-state index in [0.717, 1.165) is 41.3 Å². The number of carbonyl (C=O) groups is 1. The lowest BCUT2D eigenvalue weighted by molar-refractivity contribution is 0.0854. The van der Waals surface area contributed by atoms with Crippen LogP contribution in [-0.4, -0.2) is 30.1 Å². The van der Waals surface area contributed by atoms with Gasteiger partial charge in [-0.15, -0.1) is 11.3 Å². The Morgan fingerprint density at radius 2 is 2.00 bits per heavy atom. The third-order valence-corrected chi connectivity index (χ3v) is 5.81. The number of thiazole rings is 1. The second kappa shape index (κ2) is 9.39. The van der Waals surface area contributed by atoms with Gasteiger partial charge in [-0.05, 0) is 54.8 Å². The van der Waals surface area contributed by atoms with Crippen molar-refractivity contribution in [3.63, 3.8) is 0 Å². The van der Waals surface area contributed by atoms with Gasteiger partial charge in [0.1, 0.15) is 23.1 Å². The number of carbonyl (C=O) groups excluding carboxylic acids is 1. The van der Waals surface area contributed by atoms with Gasteiger partial charge in [-0.2, -0.15) is 0 Å². The third-order valence-electron chi connectivity index (χ3n) is 4.67. The Morgan fingerprint density at radius 3 is 2.72 bits per heavy atom. The van der Waals surface area contributed by atoms with E-state index < -0.39 is 0 Å². The Bertz CT molecular complexity index is 951. The van der Waals surface area contributed by atoms with Crippen LogP contribution in [-0.2, 0) is 11.3 Å². The summed E-state index contributed by atoms with van der Waals surface area (Å²) in [5.41, 5.74) is 2.44. The molecule has 1 aromatic heterocycles. The van der Waals surface area contributed by atoms with Crippen molar-refractivity contribution in [3.05, 3.63) is 70.2 Å². The molecule has 4 rings (SSSR count). The first-order valence-corrected chi connectivity index (χ1v) is 10.8. The van der Waals surface area contributed by atoms with Crippen LogP contribution >= 0.6 is 22.9 Å². The zero-order valence-corrected chi connectivity index (χ0v) is 17.3. The number of hydrogen-bond donors (Lipinski definition) is 1. The molecule has 1 atom stereocenters. The molecular weight excluding hydrogens is 408 g/mol. The summed E-state index contributed by atoms with van der Waals surface area (Å²) in [7, 11) is 0. The molecule has 0 bridgehead atoms. The first-order chi connectivity index (χ1) is 14.2. The predicted molar refractivity (Wildman–Crippen MR) is 115 cm³/mol. The number of benzene rings is 2. The molecule has 150 valence electrons. The molecule has 0 saturated carbocycles. The largest absolute Gasteiger partial charge is 0.489 e. The van der Waals surface area contributed by atoms with E-state index in [1.54, 1.807) is 5.38 Å². The van der Waals surface area contributed by atoms with Crippen LogP contribution < -0.4 is 10.1 Å². The monoisotopic (exact) mass is 428 g/mol. The Balaban J connectivity index is 1.32. The minimum Gasteiger partial charge on any atom is -0.489 e. The van der Waals surface area contributed by atoms with Crippen molar-refractivity contribution in [3.8, 4) is 16.3 Å². The standard InChI is InChI=1S/C22H21ClN2O3S/c23-17-7-3-15(4-8-17)13-28-18-9-5-16(6-10-18)22-25-20(14-29-22)21(26)24-12-19-2-1-11-27-19/h3-10,14,19H,1-2,11-13H2,(H,24,26). The molecule has 1 unspecified atom stereocenters. The van der Waals surface area contributed by atoms with Gasteiger partial charge in [0, 0.05) is 29.1 Å². The highest BCUT2D eigenvalue weighted by Gasteiger charge is 2.18. The maximum Gasteiger partial charge on any atom is 0.270 e. The number of nitrogens with one attached hydrogen (secondary N) is 1. The molecule has 1 amide bonds. The normalized spacial score (nSPS) is 16.0. The molecular formula is C22H21ClN2O3S. The fourth-order valence-electron chi connectivity index (χ4n) is 3.05. The van der Waals surface area contributed by atoms with Gasteiger partial charge in [0.15, 0.2) is 0 Å². The van der Waals surface area contributed by atoms with Crippen molar-refractivity contribution >= 4 is 28.8 Å². The topological polar surface area (TPSA) is 60.5 Å². The summed E-state index contributed by atoms with van der Waals surface area (Å²) < 4.78 is 11.3. The lowest BCUT2D eigenvalue weighted by Gasteiger charge is -2.09. The summed E-state index contributed by atoms with van der Waals surface area (Å²) in [6, 6.07) is 15.3. The molecule has 3 aromatic rings. The SMILES string of the molecule is O=C(NCC1CCCO1)c1csc(-c2ccc(OCc3ccc(Cl)cc3)cc2)n1. The molecule has 1 aliphatic rings. The summed E-state index contributed by atoms with van der Waals surface area (Å²) in [6.07, 6.45) is 2.17. The minimum atomic E-state index is -0.161. The first-order valence-electron chi connectivity index (χ1n) is 9.50. The number of aromatic nitrogens is 1. The lowest BCUT2D eigenvalue weighted by atomic mass is 10.2. The molecule has 0 radical (unpaired) electrons. The molecule has 7 heteroatoms. The maximum atomic E-state index is 12.3. The van der Waals surface area contributed by atoms with Crippen LogP contribution in [0, 0.1) is 0 Å². The quantitative estimate of drug-likeness (QED) is 0.578. The van der Waals surface area contributed by atoms with Crippen LogP contribution in [0.1, 0.15) is 28.9 Å². The van der Waals surface area contributed by atoms with Crippen LogP contribution in [0.4, 0.5) is 0 Å². The Morgan fingerprint density at radius 1 is 1.21 bits per heavy atom. The lowest BCUT2D eigenvalue weighted by Crippen LogP contribution is -2.31. The van der Waals surface area contributed by atoms with Gasteiger partial charge < -0.3 is 14.8 Å². The van der Waals surface area contributed by atoms with Crippen LogP contribution in [0.15, 0.2) is 53.9 Å². The van der Waals surface area contributed by atoms with Crippen LogP contribution in [0.5, 0.6) is 5.75 Å². The molecule has 2 heterocycles. The van der Waals surface area contributed by atoms with E-state index >= 15 is 0 Å². The number of ether oxygens (including phenoxy) is 2. The van der Waals surface area contributed by atoms with Crippen molar-refractivity contribution in [2.45, 2.75) is 25.6 Å². The van der Waals surface area contributed by atoms with Gasteiger partial charge >= 0.3 is 0 Å². The van der Waals surface area contributed by atoms with Gasteiger partial charge in [-0.3, -0.25) is 4.79 Å². The van der Waals surface area contributed by atoms with Crippen LogP contribution in [0.3, 0.4) is 0 Å². The second-order valence-electron chi connectivity index (χ2n) is 6.82. The summed E-state index contributed by atoms with van der Waals surface area (Å²) in [6.45, 7) is 1.79. The van der Waals surface area contributed by atoms with E-state index in [1.165, 1.54) is 11.3 Å². The van der Waals surface area contributed by atoms with Crippen molar-refractivity contribution in [1.29, 1.82) is 0 Å². The molecule has 1 saturated heterocycles. The summed E-state index contributed by atoms with van der Waals surface area (Å²) in [4.78, 5) is 16.8. The summed E-state index contributed by atoms with van der Waals surface area (Å²) >= 11 is 7.35. The van der Waals surface area contributed by atoms with E-state index in [9.17, 15) is 4.79 Å². The summed E-state index contributed by atoms with van der Waals surface area (Å²) in [5.74, 6) is 0.612. The van der Waals surface area contributed by atoms with Gasteiger partial charge in [0.25, 0.3) is 5.91 Å². The Labute approximate surface area is 178 Å². The predicted octanol–water partition coefficient (Wildman–Crippen LogP) is 4.95.